The number of hydrogen-bond acceptors (Lipinski definition) is 5. The number of aromatic nitrogens is 2. The van der Waals surface area contributed by atoms with Crippen LogP contribution < -0.4 is 0 Å². The largest absolute Gasteiger partial charge is 0.381 e. The molecular weight excluding hydrogens is 326 g/mol. The fourth-order valence-corrected chi connectivity index (χ4v) is 3.51. The van der Waals surface area contributed by atoms with Crippen LogP contribution in [0.5, 0.6) is 0 Å². The molecule has 3 rings (SSSR count). The number of hydrogen-bond donors (Lipinski definition) is 0. The monoisotopic (exact) mass is 355 g/mol. The third kappa shape index (κ3) is 4.39. The Balaban J connectivity index is 1.85. The summed E-state index contributed by atoms with van der Waals surface area (Å²) in [6.45, 7) is 6.09. The van der Waals surface area contributed by atoms with Crippen molar-refractivity contribution >= 4 is 6.21 Å². The number of aliphatic imine (C=N–C) groups is 1. The molecule has 1 aromatic carbocycles. The Bertz CT molecular complexity index is 729. The van der Waals surface area contributed by atoms with Gasteiger partial charge < -0.3 is 9.26 Å². The van der Waals surface area contributed by atoms with E-state index in [0.717, 1.165) is 62.3 Å². The van der Waals surface area contributed by atoms with E-state index in [-0.39, 0.29) is 0 Å². The van der Waals surface area contributed by atoms with E-state index < -0.39 is 0 Å². The summed E-state index contributed by atoms with van der Waals surface area (Å²) in [5.41, 5.74) is 3.40. The molecule has 0 aliphatic carbocycles. The van der Waals surface area contributed by atoms with E-state index in [9.17, 15) is 0 Å². The first kappa shape index (κ1) is 18.8. The predicted octanol–water partition coefficient (Wildman–Crippen LogP) is 4.66. The lowest BCUT2D eigenvalue weighted by Crippen LogP contribution is -2.29. The quantitative estimate of drug-likeness (QED) is 0.614. The van der Waals surface area contributed by atoms with E-state index in [2.05, 4.69) is 36.1 Å². The van der Waals surface area contributed by atoms with Gasteiger partial charge in [-0.25, -0.2) is 0 Å². The van der Waals surface area contributed by atoms with Crippen LogP contribution in [0, 0.1) is 5.92 Å². The minimum Gasteiger partial charge on any atom is -0.381 e. The van der Waals surface area contributed by atoms with Gasteiger partial charge in [0.15, 0.2) is 5.82 Å². The lowest BCUT2D eigenvalue weighted by molar-refractivity contribution is -0.0312. The number of nitrogens with zero attached hydrogens (tertiary/aromatic N) is 3. The summed E-state index contributed by atoms with van der Waals surface area (Å²) in [7, 11) is 1.80. The van der Waals surface area contributed by atoms with Crippen LogP contribution in [0.25, 0.3) is 11.5 Å². The topological polar surface area (TPSA) is 60.5 Å². The zero-order valence-electron chi connectivity index (χ0n) is 16.1. The maximum Gasteiger partial charge on any atom is 0.257 e. The predicted molar refractivity (Wildman–Crippen MR) is 104 cm³/mol. The molecular formula is C21H29N3O2. The summed E-state index contributed by atoms with van der Waals surface area (Å²) in [4.78, 5) is 8.89. The van der Waals surface area contributed by atoms with Crippen molar-refractivity contribution < 1.29 is 9.26 Å². The van der Waals surface area contributed by atoms with Crippen molar-refractivity contribution in [2.45, 2.75) is 51.9 Å². The Kier molecular flexibility index (Phi) is 6.56. The van der Waals surface area contributed by atoms with Gasteiger partial charge in [0.1, 0.15) is 0 Å². The summed E-state index contributed by atoms with van der Waals surface area (Å²) in [6, 6.07) is 6.31. The van der Waals surface area contributed by atoms with Crippen LogP contribution in [0.15, 0.2) is 27.7 Å². The molecule has 0 saturated carbocycles. The fourth-order valence-electron chi connectivity index (χ4n) is 3.51. The van der Waals surface area contributed by atoms with Crippen molar-refractivity contribution in [2.24, 2.45) is 10.9 Å². The minimum atomic E-state index is 0.389. The second-order valence-corrected chi connectivity index (χ2v) is 7.14. The third-order valence-electron chi connectivity index (χ3n) is 4.95. The SMILES string of the molecule is CCCC(CCC)c1noc(-c2ccc(/C=N\C)c(CC3COC3)c2)n1. The van der Waals surface area contributed by atoms with Crippen LogP contribution in [0.4, 0.5) is 0 Å². The van der Waals surface area contributed by atoms with Gasteiger partial charge in [0.2, 0.25) is 0 Å². The maximum atomic E-state index is 5.61. The van der Waals surface area contributed by atoms with E-state index in [4.69, 9.17) is 14.2 Å². The highest BCUT2D eigenvalue weighted by Gasteiger charge is 2.21. The molecule has 1 aliphatic heterocycles. The summed E-state index contributed by atoms with van der Waals surface area (Å²) >= 11 is 0. The molecule has 1 saturated heterocycles. The average Bonchev–Trinajstić information content (AvgIpc) is 3.09. The number of rotatable bonds is 9. The van der Waals surface area contributed by atoms with Gasteiger partial charge in [-0.05, 0) is 42.5 Å². The Morgan fingerprint density at radius 3 is 2.62 bits per heavy atom. The van der Waals surface area contributed by atoms with Gasteiger partial charge in [0.05, 0.1) is 13.2 Å². The minimum absolute atomic E-state index is 0.389. The molecule has 0 unspecified atom stereocenters. The Labute approximate surface area is 155 Å². The van der Waals surface area contributed by atoms with Crippen molar-refractivity contribution in [1.82, 2.24) is 10.1 Å². The van der Waals surface area contributed by atoms with Crippen molar-refractivity contribution in [2.75, 3.05) is 20.3 Å². The summed E-state index contributed by atoms with van der Waals surface area (Å²) in [6.07, 6.45) is 7.37. The zero-order chi connectivity index (χ0) is 18.4. The van der Waals surface area contributed by atoms with E-state index >= 15 is 0 Å². The van der Waals surface area contributed by atoms with Gasteiger partial charge in [-0.3, -0.25) is 4.99 Å². The smallest absolute Gasteiger partial charge is 0.257 e. The second-order valence-electron chi connectivity index (χ2n) is 7.14. The van der Waals surface area contributed by atoms with Gasteiger partial charge in [-0.1, -0.05) is 37.9 Å². The Morgan fingerprint density at radius 2 is 2.00 bits per heavy atom. The molecule has 0 atom stereocenters. The van der Waals surface area contributed by atoms with Crippen LogP contribution in [0.3, 0.4) is 0 Å². The van der Waals surface area contributed by atoms with Crippen LogP contribution in [-0.2, 0) is 11.2 Å². The molecule has 140 valence electrons. The van der Waals surface area contributed by atoms with Gasteiger partial charge in [0.25, 0.3) is 5.89 Å². The summed E-state index contributed by atoms with van der Waals surface area (Å²) in [5, 5.41) is 4.27. The highest BCUT2D eigenvalue weighted by atomic mass is 16.5. The van der Waals surface area contributed by atoms with Crippen LogP contribution in [0.2, 0.25) is 0 Å². The Morgan fingerprint density at radius 1 is 1.23 bits per heavy atom. The third-order valence-corrected chi connectivity index (χ3v) is 4.95. The van der Waals surface area contributed by atoms with Crippen LogP contribution in [-0.4, -0.2) is 36.6 Å². The maximum absolute atomic E-state index is 5.61. The molecule has 1 fully saturated rings. The number of ether oxygens (including phenoxy) is 1. The first-order valence-electron chi connectivity index (χ1n) is 9.71. The zero-order valence-corrected chi connectivity index (χ0v) is 16.1. The standard InChI is InChI=1S/C21H29N3O2/c1-4-6-16(7-5-2)20-23-21(26-24-20)17-8-9-18(12-22-3)19(11-17)10-15-13-25-14-15/h8-9,11-12,15-16H,4-7,10,13-14H2,1-3H3/b22-12-. The molecule has 5 nitrogen and oxygen atoms in total. The summed E-state index contributed by atoms with van der Waals surface area (Å²) < 4.78 is 10.9. The van der Waals surface area contributed by atoms with Gasteiger partial charge in [-0.15, -0.1) is 0 Å². The fraction of sp³-hybridized carbons (Fsp3) is 0.571. The molecule has 26 heavy (non-hydrogen) atoms. The van der Waals surface area contributed by atoms with E-state index in [1.807, 2.05) is 12.3 Å². The lowest BCUT2D eigenvalue weighted by Gasteiger charge is -2.26. The molecule has 2 aromatic rings. The number of benzene rings is 1. The van der Waals surface area contributed by atoms with Crippen LogP contribution >= 0.6 is 0 Å². The van der Waals surface area contributed by atoms with E-state index in [1.165, 1.54) is 5.56 Å². The van der Waals surface area contributed by atoms with Crippen molar-refractivity contribution in [3.8, 4) is 11.5 Å². The molecule has 0 bridgehead atoms. The van der Waals surface area contributed by atoms with Crippen molar-refractivity contribution in [1.29, 1.82) is 0 Å². The van der Waals surface area contributed by atoms with Crippen LogP contribution in [0.1, 0.15) is 62.4 Å². The first-order chi connectivity index (χ1) is 12.7. The van der Waals surface area contributed by atoms with Gasteiger partial charge in [0, 0.05) is 30.7 Å². The molecule has 0 N–H and O–H groups in total. The molecule has 0 spiro atoms. The molecule has 5 heteroatoms. The molecule has 1 aromatic heterocycles. The normalized spacial score (nSPS) is 15.1. The highest BCUT2D eigenvalue weighted by Crippen LogP contribution is 2.28. The van der Waals surface area contributed by atoms with Crippen molar-refractivity contribution in [3.05, 3.63) is 35.2 Å². The highest BCUT2D eigenvalue weighted by molar-refractivity contribution is 5.83. The lowest BCUT2D eigenvalue weighted by atomic mass is 9.93. The Hall–Kier alpha value is -2.01. The van der Waals surface area contributed by atoms with Gasteiger partial charge >= 0.3 is 0 Å². The molecule has 1 aliphatic rings. The average molecular weight is 355 g/mol. The molecule has 0 amide bonds. The van der Waals surface area contributed by atoms with Crippen molar-refractivity contribution in [3.63, 3.8) is 0 Å². The van der Waals surface area contributed by atoms with E-state index in [0.29, 0.717) is 17.7 Å². The van der Waals surface area contributed by atoms with E-state index in [1.54, 1.807) is 7.05 Å². The molecule has 0 radical (unpaired) electrons. The summed E-state index contributed by atoms with van der Waals surface area (Å²) in [5.74, 6) is 2.44. The first-order valence-corrected chi connectivity index (χ1v) is 9.71. The second kappa shape index (κ2) is 9.08. The van der Waals surface area contributed by atoms with Gasteiger partial charge in [-0.2, -0.15) is 4.98 Å². The molecule has 2 heterocycles.